The van der Waals surface area contributed by atoms with Crippen LogP contribution in [0.2, 0.25) is 0 Å². The molecule has 1 aromatic carbocycles. The molecular weight excluding hydrogens is 470 g/mol. The fourth-order valence-electron chi connectivity index (χ4n) is 4.20. The Bertz CT molecular complexity index is 1480. The smallest absolute Gasteiger partial charge is 0.274 e. The molecule has 3 aromatic heterocycles. The molecule has 0 atom stereocenters. The maximum atomic E-state index is 12.8. The van der Waals surface area contributed by atoms with E-state index >= 15 is 0 Å². The number of hydrogen-bond acceptors (Lipinski definition) is 8. The van der Waals surface area contributed by atoms with Crippen LogP contribution in [0.1, 0.15) is 35.1 Å². The first kappa shape index (κ1) is 23.0. The molecule has 0 aliphatic carbocycles. The summed E-state index contributed by atoms with van der Waals surface area (Å²) in [6.07, 6.45) is 5.72. The van der Waals surface area contributed by atoms with Gasteiger partial charge in [-0.2, -0.15) is 10.2 Å². The van der Waals surface area contributed by atoms with Crippen LogP contribution in [-0.4, -0.2) is 68.1 Å². The highest BCUT2D eigenvalue weighted by Gasteiger charge is 2.28. The number of likely N-dealkylation sites (tertiary alicyclic amines) is 1. The number of piperidine rings is 1. The number of rotatable bonds is 5. The zero-order valence-corrected chi connectivity index (χ0v) is 20.4. The van der Waals surface area contributed by atoms with E-state index in [-0.39, 0.29) is 16.8 Å². The molecule has 1 saturated heterocycles. The summed E-state index contributed by atoms with van der Waals surface area (Å²) in [5.41, 5.74) is 2.05. The van der Waals surface area contributed by atoms with Gasteiger partial charge in [0.25, 0.3) is 5.91 Å². The zero-order valence-electron chi connectivity index (χ0n) is 19.6. The first-order valence-electron chi connectivity index (χ1n) is 11.2. The summed E-state index contributed by atoms with van der Waals surface area (Å²) >= 11 is 0. The first-order valence-corrected chi connectivity index (χ1v) is 13.1. The number of fused-ring (bicyclic) bond motifs is 1. The van der Waals surface area contributed by atoms with Crippen molar-refractivity contribution in [2.75, 3.05) is 19.3 Å². The maximum Gasteiger partial charge on any atom is 0.274 e. The highest BCUT2D eigenvalue weighted by molar-refractivity contribution is 7.90. The van der Waals surface area contributed by atoms with Crippen LogP contribution < -0.4 is 4.74 Å². The third-order valence-corrected chi connectivity index (χ3v) is 7.38. The van der Waals surface area contributed by atoms with Crippen molar-refractivity contribution in [3.8, 4) is 11.6 Å². The first-order chi connectivity index (χ1) is 16.7. The Hall–Kier alpha value is -3.80. The van der Waals surface area contributed by atoms with Gasteiger partial charge in [0.2, 0.25) is 5.88 Å². The number of hydrogen-bond donors (Lipinski definition) is 0. The van der Waals surface area contributed by atoms with Gasteiger partial charge in [0.1, 0.15) is 17.5 Å². The summed E-state index contributed by atoms with van der Waals surface area (Å²) in [6, 6.07) is 8.05. The fourth-order valence-corrected chi connectivity index (χ4v) is 4.83. The van der Waals surface area contributed by atoms with Crippen LogP contribution in [0.15, 0.2) is 47.8 Å². The third kappa shape index (κ3) is 4.48. The third-order valence-electron chi connectivity index (χ3n) is 6.25. The van der Waals surface area contributed by atoms with Crippen LogP contribution in [0.25, 0.3) is 11.0 Å². The van der Waals surface area contributed by atoms with Gasteiger partial charge in [-0.1, -0.05) is 0 Å². The molecule has 0 N–H and O–H groups in total. The molecule has 0 saturated carbocycles. The SMILES string of the molecule is Cc1cc(C(=O)N2CCC(n3ncc4c(Oc5ccc(S(C)(=O)=O)cc5)ncnc43)CC2)nn1C. The largest absolute Gasteiger partial charge is 0.438 e. The van der Waals surface area contributed by atoms with Gasteiger partial charge >= 0.3 is 0 Å². The van der Waals surface area contributed by atoms with E-state index < -0.39 is 9.84 Å². The predicted molar refractivity (Wildman–Crippen MR) is 127 cm³/mol. The van der Waals surface area contributed by atoms with Crippen molar-refractivity contribution in [2.24, 2.45) is 7.05 Å². The fraction of sp³-hybridized carbons (Fsp3) is 0.348. The lowest BCUT2D eigenvalue weighted by molar-refractivity contribution is 0.0684. The minimum atomic E-state index is -3.29. The van der Waals surface area contributed by atoms with E-state index in [1.54, 1.807) is 23.0 Å². The Morgan fingerprint density at radius 2 is 1.83 bits per heavy atom. The summed E-state index contributed by atoms with van der Waals surface area (Å²) in [6.45, 7) is 3.12. The molecule has 1 aliphatic rings. The van der Waals surface area contributed by atoms with Gasteiger partial charge < -0.3 is 9.64 Å². The Labute approximate surface area is 202 Å². The van der Waals surface area contributed by atoms with Gasteiger partial charge in [0.15, 0.2) is 21.2 Å². The summed E-state index contributed by atoms with van der Waals surface area (Å²) in [5, 5.41) is 9.50. The standard InChI is InChI=1S/C23H25N7O4S/c1-15-12-20(27-28(15)2)23(31)29-10-8-16(9-11-29)30-21-19(13-26-30)22(25-14-24-21)34-17-4-6-18(7-5-17)35(3,32)33/h4-7,12-14,16H,8-11H2,1-3H3. The van der Waals surface area contributed by atoms with E-state index in [1.807, 2.05) is 29.6 Å². The van der Waals surface area contributed by atoms with E-state index in [9.17, 15) is 13.2 Å². The summed E-state index contributed by atoms with van der Waals surface area (Å²) in [4.78, 5) is 23.5. The van der Waals surface area contributed by atoms with Crippen LogP contribution in [0.3, 0.4) is 0 Å². The molecule has 1 aliphatic heterocycles. The summed E-state index contributed by atoms with van der Waals surface area (Å²) in [5.74, 6) is 0.741. The molecule has 12 heteroatoms. The molecule has 5 rings (SSSR count). The lowest BCUT2D eigenvalue weighted by atomic mass is 10.0. The van der Waals surface area contributed by atoms with Crippen LogP contribution in [0.5, 0.6) is 11.6 Å². The maximum absolute atomic E-state index is 12.8. The molecular formula is C23H25N7O4S. The van der Waals surface area contributed by atoms with Crippen molar-refractivity contribution in [2.45, 2.75) is 30.7 Å². The number of aromatic nitrogens is 6. The van der Waals surface area contributed by atoms with Gasteiger partial charge in [0.05, 0.1) is 17.1 Å². The zero-order chi connectivity index (χ0) is 24.7. The van der Waals surface area contributed by atoms with E-state index in [2.05, 4.69) is 20.2 Å². The van der Waals surface area contributed by atoms with Crippen molar-refractivity contribution in [3.05, 3.63) is 54.2 Å². The lowest BCUT2D eigenvalue weighted by Gasteiger charge is -2.31. The van der Waals surface area contributed by atoms with Gasteiger partial charge in [-0.05, 0) is 50.1 Å². The molecule has 11 nitrogen and oxygen atoms in total. The van der Waals surface area contributed by atoms with Crippen molar-refractivity contribution < 1.29 is 17.9 Å². The normalized spacial score (nSPS) is 15.0. The number of amides is 1. The minimum absolute atomic E-state index is 0.0580. The van der Waals surface area contributed by atoms with Crippen molar-refractivity contribution >= 4 is 26.8 Å². The molecule has 0 bridgehead atoms. The van der Waals surface area contributed by atoms with E-state index in [0.717, 1.165) is 24.8 Å². The second kappa shape index (κ2) is 8.77. The molecule has 1 amide bonds. The molecule has 4 heterocycles. The number of carbonyl (C=O) groups is 1. The highest BCUT2D eigenvalue weighted by Crippen LogP contribution is 2.31. The van der Waals surface area contributed by atoms with Crippen LogP contribution >= 0.6 is 0 Å². The number of benzene rings is 1. The number of sulfone groups is 1. The van der Waals surface area contributed by atoms with E-state index in [0.29, 0.717) is 41.4 Å². The average molecular weight is 496 g/mol. The van der Waals surface area contributed by atoms with Gasteiger partial charge in [-0.15, -0.1) is 0 Å². The Kier molecular flexibility index (Phi) is 5.75. The van der Waals surface area contributed by atoms with E-state index in [1.165, 1.54) is 18.5 Å². The Balaban J connectivity index is 1.31. The number of ether oxygens (including phenoxy) is 1. The quantitative estimate of drug-likeness (QED) is 0.414. The molecule has 0 unspecified atom stereocenters. The number of aryl methyl sites for hydroxylation is 2. The molecule has 0 radical (unpaired) electrons. The van der Waals surface area contributed by atoms with Gasteiger partial charge in [-0.3, -0.25) is 9.48 Å². The molecule has 0 spiro atoms. The highest BCUT2D eigenvalue weighted by atomic mass is 32.2. The summed E-state index contributed by atoms with van der Waals surface area (Å²) < 4.78 is 32.8. The van der Waals surface area contributed by atoms with Crippen molar-refractivity contribution in [1.29, 1.82) is 0 Å². The molecule has 182 valence electrons. The Morgan fingerprint density at radius 1 is 1.11 bits per heavy atom. The van der Waals surface area contributed by atoms with Crippen molar-refractivity contribution in [1.82, 2.24) is 34.4 Å². The topological polar surface area (TPSA) is 125 Å². The molecule has 4 aromatic rings. The number of carbonyl (C=O) groups excluding carboxylic acids is 1. The van der Waals surface area contributed by atoms with Crippen LogP contribution in [-0.2, 0) is 16.9 Å². The van der Waals surface area contributed by atoms with E-state index in [4.69, 9.17) is 4.74 Å². The number of nitrogens with zero attached hydrogens (tertiary/aromatic N) is 7. The van der Waals surface area contributed by atoms with Crippen molar-refractivity contribution in [3.63, 3.8) is 0 Å². The molecule has 1 fully saturated rings. The second-order valence-electron chi connectivity index (χ2n) is 8.67. The van der Waals surface area contributed by atoms with Crippen LogP contribution in [0, 0.1) is 6.92 Å². The lowest BCUT2D eigenvalue weighted by Crippen LogP contribution is -2.39. The summed E-state index contributed by atoms with van der Waals surface area (Å²) in [7, 11) is -1.46. The predicted octanol–water partition coefficient (Wildman–Crippen LogP) is 2.54. The average Bonchev–Trinajstić information content (AvgIpc) is 3.42. The second-order valence-corrected chi connectivity index (χ2v) is 10.7. The monoisotopic (exact) mass is 495 g/mol. The van der Waals surface area contributed by atoms with Crippen LogP contribution in [0.4, 0.5) is 0 Å². The van der Waals surface area contributed by atoms with Gasteiger partial charge in [0, 0.05) is 32.1 Å². The van der Waals surface area contributed by atoms with Gasteiger partial charge in [-0.25, -0.2) is 23.1 Å². The Morgan fingerprint density at radius 3 is 2.46 bits per heavy atom. The molecule has 35 heavy (non-hydrogen) atoms. The minimum Gasteiger partial charge on any atom is -0.438 e.